The van der Waals surface area contributed by atoms with E-state index in [1.165, 1.54) is 30.8 Å². The molecule has 4 nitrogen and oxygen atoms in total. The van der Waals surface area contributed by atoms with Gasteiger partial charge in [0, 0.05) is 6.04 Å². The summed E-state index contributed by atoms with van der Waals surface area (Å²) in [6.45, 7) is 4.26. The number of aryl methyl sites for hydroxylation is 1. The zero-order chi connectivity index (χ0) is 12.5. The maximum Gasteiger partial charge on any atom is 0.149 e. The highest BCUT2D eigenvalue weighted by atomic mass is 32.1. The summed E-state index contributed by atoms with van der Waals surface area (Å²) in [5.74, 6) is 1.89. The Labute approximate surface area is 111 Å². The first-order valence-electron chi connectivity index (χ1n) is 6.61. The molecular weight excluding hydrogens is 244 g/mol. The number of hydrogen-bond donors (Lipinski definition) is 1. The van der Waals surface area contributed by atoms with Gasteiger partial charge in [-0.2, -0.15) is 4.37 Å². The van der Waals surface area contributed by atoms with Crippen LogP contribution >= 0.6 is 11.5 Å². The normalized spacial score (nSPS) is 17.0. The molecule has 1 unspecified atom stereocenters. The maximum absolute atomic E-state index is 4.40. The number of aromatic nitrogens is 3. The molecule has 3 rings (SSSR count). The molecule has 2 aromatic rings. The van der Waals surface area contributed by atoms with Crippen molar-refractivity contribution in [3.63, 3.8) is 0 Å². The summed E-state index contributed by atoms with van der Waals surface area (Å²) in [5.41, 5.74) is 1.03. The van der Waals surface area contributed by atoms with Gasteiger partial charge in [-0.25, -0.2) is 9.97 Å². The molecule has 1 aliphatic carbocycles. The molecular formula is C13H18N4S. The molecule has 1 N–H and O–H groups in total. The highest BCUT2D eigenvalue weighted by Gasteiger charge is 2.25. The van der Waals surface area contributed by atoms with E-state index < -0.39 is 0 Å². The van der Waals surface area contributed by atoms with Crippen molar-refractivity contribution in [1.29, 1.82) is 0 Å². The fourth-order valence-electron chi connectivity index (χ4n) is 2.31. The van der Waals surface area contributed by atoms with Gasteiger partial charge in [-0.1, -0.05) is 19.8 Å². The molecule has 0 saturated heterocycles. The molecule has 2 aromatic heterocycles. The SMILES string of the molecule is CCC(CC1CC1)Nc1ncnc2snc(C)c12. The Hall–Kier alpha value is -1.23. The Balaban J connectivity index is 1.85. The number of hydrogen-bond acceptors (Lipinski definition) is 5. The minimum atomic E-state index is 0.523. The van der Waals surface area contributed by atoms with E-state index in [4.69, 9.17) is 0 Å². The lowest BCUT2D eigenvalue weighted by Gasteiger charge is -2.17. The van der Waals surface area contributed by atoms with E-state index in [-0.39, 0.29) is 0 Å². The number of anilines is 1. The van der Waals surface area contributed by atoms with Gasteiger partial charge in [-0.05, 0) is 37.2 Å². The van der Waals surface area contributed by atoms with Gasteiger partial charge in [-0.15, -0.1) is 0 Å². The van der Waals surface area contributed by atoms with Crippen LogP contribution in [0.5, 0.6) is 0 Å². The fourth-order valence-corrected chi connectivity index (χ4v) is 3.05. The van der Waals surface area contributed by atoms with Gasteiger partial charge < -0.3 is 5.32 Å². The van der Waals surface area contributed by atoms with Crippen LogP contribution in [0.3, 0.4) is 0 Å². The first-order chi connectivity index (χ1) is 8.78. The Bertz CT molecular complexity index is 547. The standard InChI is InChI=1S/C13H18N4S/c1-3-10(6-9-4-5-9)16-12-11-8(2)17-18-13(11)15-7-14-12/h7,9-10H,3-6H2,1-2H3,(H,14,15,16). The number of rotatable bonds is 5. The van der Waals surface area contributed by atoms with Gasteiger partial charge >= 0.3 is 0 Å². The van der Waals surface area contributed by atoms with Crippen molar-refractivity contribution in [2.45, 2.75) is 45.6 Å². The summed E-state index contributed by atoms with van der Waals surface area (Å²) in [6.07, 6.45) is 6.83. The Morgan fingerprint density at radius 1 is 1.44 bits per heavy atom. The second-order valence-electron chi connectivity index (χ2n) is 5.10. The summed E-state index contributed by atoms with van der Waals surface area (Å²) in [6, 6.07) is 0.523. The summed E-state index contributed by atoms with van der Waals surface area (Å²) >= 11 is 1.45. The van der Waals surface area contributed by atoms with E-state index >= 15 is 0 Å². The third-order valence-electron chi connectivity index (χ3n) is 3.59. The van der Waals surface area contributed by atoms with E-state index in [0.717, 1.165) is 34.1 Å². The van der Waals surface area contributed by atoms with Crippen molar-refractivity contribution >= 4 is 27.6 Å². The van der Waals surface area contributed by atoms with Crippen molar-refractivity contribution < 1.29 is 0 Å². The molecule has 0 aromatic carbocycles. The summed E-state index contributed by atoms with van der Waals surface area (Å²) in [5, 5.41) is 4.68. The maximum atomic E-state index is 4.40. The fraction of sp³-hybridized carbons (Fsp3) is 0.615. The quantitative estimate of drug-likeness (QED) is 0.897. The minimum Gasteiger partial charge on any atom is -0.367 e. The van der Waals surface area contributed by atoms with Crippen molar-refractivity contribution in [3.8, 4) is 0 Å². The van der Waals surface area contributed by atoms with Gasteiger partial charge in [0.05, 0.1) is 11.1 Å². The van der Waals surface area contributed by atoms with Crippen LogP contribution < -0.4 is 5.32 Å². The largest absolute Gasteiger partial charge is 0.367 e. The molecule has 1 atom stereocenters. The highest BCUT2D eigenvalue weighted by Crippen LogP contribution is 2.35. The monoisotopic (exact) mass is 262 g/mol. The van der Waals surface area contributed by atoms with Crippen molar-refractivity contribution in [2.75, 3.05) is 5.32 Å². The second kappa shape index (κ2) is 4.80. The van der Waals surface area contributed by atoms with E-state index in [1.807, 2.05) is 6.92 Å². The molecule has 1 aliphatic rings. The average molecular weight is 262 g/mol. The van der Waals surface area contributed by atoms with Crippen LogP contribution in [0.4, 0.5) is 5.82 Å². The van der Waals surface area contributed by atoms with Gasteiger partial charge in [0.2, 0.25) is 0 Å². The van der Waals surface area contributed by atoms with Crippen LogP contribution in [0.15, 0.2) is 6.33 Å². The second-order valence-corrected chi connectivity index (χ2v) is 5.85. The number of nitrogens with one attached hydrogen (secondary N) is 1. The van der Waals surface area contributed by atoms with Crippen molar-refractivity contribution in [2.24, 2.45) is 5.92 Å². The molecule has 0 amide bonds. The van der Waals surface area contributed by atoms with Gasteiger partial charge in [0.25, 0.3) is 0 Å². The molecule has 5 heteroatoms. The van der Waals surface area contributed by atoms with Crippen LogP contribution in [0.25, 0.3) is 10.2 Å². The number of nitrogens with zero attached hydrogens (tertiary/aromatic N) is 3. The van der Waals surface area contributed by atoms with Crippen LogP contribution in [0.1, 0.15) is 38.3 Å². The van der Waals surface area contributed by atoms with E-state index in [1.54, 1.807) is 6.33 Å². The summed E-state index contributed by atoms with van der Waals surface area (Å²) in [7, 11) is 0. The van der Waals surface area contributed by atoms with Crippen LogP contribution in [-0.2, 0) is 0 Å². The molecule has 18 heavy (non-hydrogen) atoms. The first-order valence-corrected chi connectivity index (χ1v) is 7.38. The van der Waals surface area contributed by atoms with E-state index in [2.05, 4.69) is 26.6 Å². The smallest absolute Gasteiger partial charge is 0.149 e. The van der Waals surface area contributed by atoms with E-state index in [0.29, 0.717) is 6.04 Å². The van der Waals surface area contributed by atoms with Crippen LogP contribution in [-0.4, -0.2) is 20.4 Å². The van der Waals surface area contributed by atoms with Crippen molar-refractivity contribution in [3.05, 3.63) is 12.0 Å². The zero-order valence-corrected chi connectivity index (χ0v) is 11.6. The third kappa shape index (κ3) is 2.32. The lowest BCUT2D eigenvalue weighted by Crippen LogP contribution is -2.20. The number of fused-ring (bicyclic) bond motifs is 1. The van der Waals surface area contributed by atoms with Crippen molar-refractivity contribution in [1.82, 2.24) is 14.3 Å². The summed E-state index contributed by atoms with van der Waals surface area (Å²) < 4.78 is 4.36. The molecule has 0 radical (unpaired) electrons. The lowest BCUT2D eigenvalue weighted by molar-refractivity contribution is 0.585. The molecule has 0 bridgehead atoms. The highest BCUT2D eigenvalue weighted by molar-refractivity contribution is 7.13. The summed E-state index contributed by atoms with van der Waals surface area (Å²) in [4.78, 5) is 9.65. The van der Waals surface area contributed by atoms with Gasteiger partial charge in [0.15, 0.2) is 0 Å². The topological polar surface area (TPSA) is 50.7 Å². The third-order valence-corrected chi connectivity index (χ3v) is 4.44. The average Bonchev–Trinajstić information content (AvgIpc) is 3.12. The predicted octanol–water partition coefficient (Wildman–Crippen LogP) is 3.39. The van der Waals surface area contributed by atoms with Crippen LogP contribution in [0, 0.1) is 12.8 Å². The minimum absolute atomic E-state index is 0.523. The first kappa shape index (κ1) is 11.8. The Morgan fingerprint density at radius 3 is 3.00 bits per heavy atom. The molecule has 1 fully saturated rings. The van der Waals surface area contributed by atoms with Crippen LogP contribution in [0.2, 0.25) is 0 Å². The Morgan fingerprint density at radius 2 is 2.28 bits per heavy atom. The van der Waals surface area contributed by atoms with Gasteiger partial charge in [0.1, 0.15) is 17.0 Å². The van der Waals surface area contributed by atoms with E-state index in [9.17, 15) is 0 Å². The molecule has 0 spiro atoms. The molecule has 1 saturated carbocycles. The lowest BCUT2D eigenvalue weighted by atomic mass is 10.1. The molecule has 0 aliphatic heterocycles. The Kier molecular flexibility index (Phi) is 3.16. The molecule has 96 valence electrons. The predicted molar refractivity (Wildman–Crippen MR) is 75.0 cm³/mol. The zero-order valence-electron chi connectivity index (χ0n) is 10.8. The van der Waals surface area contributed by atoms with Gasteiger partial charge in [-0.3, -0.25) is 0 Å². The molecule has 2 heterocycles.